The van der Waals surface area contributed by atoms with Gasteiger partial charge in [0.2, 0.25) is 0 Å². The summed E-state index contributed by atoms with van der Waals surface area (Å²) in [6.07, 6.45) is 3.37. The van der Waals surface area contributed by atoms with Crippen LogP contribution in [0.4, 0.5) is 0 Å². The van der Waals surface area contributed by atoms with E-state index < -0.39 is 11.8 Å². The Labute approximate surface area is 229 Å². The molecule has 0 saturated carbocycles. The van der Waals surface area contributed by atoms with Gasteiger partial charge in [0.25, 0.3) is 11.8 Å². The number of halogens is 2. The first-order chi connectivity index (χ1) is 18.0. The lowest BCUT2D eigenvalue weighted by atomic mass is 10.1. The molecular weight excluding hydrogens is 574 g/mol. The molecule has 0 atom stereocenters. The monoisotopic (exact) mass is 591 g/mol. The average molecular weight is 593 g/mol. The van der Waals surface area contributed by atoms with Crippen molar-refractivity contribution in [1.82, 2.24) is 20.5 Å². The number of hydrazone groups is 1. The van der Waals surface area contributed by atoms with Gasteiger partial charge in [0.15, 0.2) is 0 Å². The van der Waals surface area contributed by atoms with Gasteiger partial charge in [-0.15, -0.1) is 11.3 Å². The SMILES string of the molecule is O=C(CNC(=O)c1sc2ccccc2c1Cl)N/N=C/c1cn(-c2ccccc2)nc1-c1ccc(Br)cc1. The van der Waals surface area contributed by atoms with E-state index in [0.29, 0.717) is 21.2 Å². The Bertz CT molecular complexity index is 1610. The Hall–Kier alpha value is -3.79. The van der Waals surface area contributed by atoms with E-state index >= 15 is 0 Å². The van der Waals surface area contributed by atoms with Crippen LogP contribution >= 0.6 is 38.9 Å². The first kappa shape index (κ1) is 24.9. The van der Waals surface area contributed by atoms with E-state index in [2.05, 4.69) is 31.8 Å². The molecule has 5 aromatic rings. The summed E-state index contributed by atoms with van der Waals surface area (Å²) < 4.78 is 3.62. The number of amides is 2. The quantitative estimate of drug-likeness (QED) is 0.178. The molecule has 0 fully saturated rings. The third-order valence-corrected chi connectivity index (χ3v) is 7.63. The molecule has 10 heteroatoms. The van der Waals surface area contributed by atoms with Crippen molar-refractivity contribution in [2.24, 2.45) is 5.10 Å². The van der Waals surface area contributed by atoms with Gasteiger partial charge in [0, 0.05) is 31.9 Å². The van der Waals surface area contributed by atoms with Crippen LogP contribution in [-0.2, 0) is 4.79 Å². The summed E-state index contributed by atoms with van der Waals surface area (Å²) in [7, 11) is 0. The molecule has 2 heterocycles. The van der Waals surface area contributed by atoms with E-state index in [9.17, 15) is 9.59 Å². The molecule has 2 amide bonds. The van der Waals surface area contributed by atoms with Crippen LogP contribution in [0.15, 0.2) is 94.6 Å². The van der Waals surface area contributed by atoms with Crippen molar-refractivity contribution >= 4 is 67.0 Å². The largest absolute Gasteiger partial charge is 0.342 e. The summed E-state index contributed by atoms with van der Waals surface area (Å²) in [5.74, 6) is -0.880. The summed E-state index contributed by atoms with van der Waals surface area (Å²) in [4.78, 5) is 25.3. The number of nitrogens with one attached hydrogen (secondary N) is 2. The summed E-state index contributed by atoms with van der Waals surface area (Å²) in [6, 6.07) is 25.0. The number of thiophene rings is 1. The lowest BCUT2D eigenvalue weighted by molar-refractivity contribution is -0.120. The van der Waals surface area contributed by atoms with Crippen molar-refractivity contribution in [3.05, 3.63) is 105 Å². The number of hydrogen-bond acceptors (Lipinski definition) is 5. The molecule has 0 aliphatic rings. The van der Waals surface area contributed by atoms with E-state index in [1.807, 2.05) is 85.1 Å². The second-order valence-corrected chi connectivity index (χ2v) is 10.3. The third-order valence-electron chi connectivity index (χ3n) is 5.42. The summed E-state index contributed by atoms with van der Waals surface area (Å²) >= 11 is 11.1. The maximum Gasteiger partial charge on any atom is 0.263 e. The van der Waals surface area contributed by atoms with Gasteiger partial charge in [-0.2, -0.15) is 10.2 Å². The molecule has 0 bridgehead atoms. The minimum atomic E-state index is -0.470. The number of rotatable bonds is 7. The van der Waals surface area contributed by atoms with Crippen molar-refractivity contribution in [3.8, 4) is 16.9 Å². The van der Waals surface area contributed by atoms with E-state index in [-0.39, 0.29) is 6.54 Å². The molecule has 184 valence electrons. The minimum Gasteiger partial charge on any atom is -0.342 e. The topological polar surface area (TPSA) is 88.4 Å². The number of para-hydroxylation sites is 1. The number of nitrogens with zero attached hydrogens (tertiary/aromatic N) is 3. The Morgan fingerprint density at radius 3 is 2.51 bits per heavy atom. The van der Waals surface area contributed by atoms with Crippen molar-refractivity contribution in [2.75, 3.05) is 6.54 Å². The molecule has 0 aliphatic carbocycles. The highest BCUT2D eigenvalue weighted by atomic mass is 79.9. The Morgan fingerprint density at radius 1 is 1.03 bits per heavy atom. The first-order valence-corrected chi connectivity index (χ1v) is 13.2. The van der Waals surface area contributed by atoms with Gasteiger partial charge in [0.05, 0.1) is 23.5 Å². The lowest BCUT2D eigenvalue weighted by Crippen LogP contribution is -2.34. The molecule has 0 unspecified atom stereocenters. The Morgan fingerprint density at radius 2 is 1.76 bits per heavy atom. The summed E-state index contributed by atoms with van der Waals surface area (Å²) in [5.41, 5.74) is 5.68. The molecular formula is C27H19BrClN5O2S. The predicted molar refractivity (Wildman–Crippen MR) is 152 cm³/mol. The van der Waals surface area contributed by atoms with Crippen molar-refractivity contribution < 1.29 is 9.59 Å². The fraction of sp³-hybridized carbons (Fsp3) is 0.0370. The van der Waals surface area contributed by atoms with Gasteiger partial charge in [-0.3, -0.25) is 9.59 Å². The second kappa shape index (κ2) is 11.1. The van der Waals surface area contributed by atoms with E-state index in [1.54, 1.807) is 4.68 Å². The minimum absolute atomic E-state index is 0.246. The van der Waals surface area contributed by atoms with E-state index in [0.717, 1.165) is 25.8 Å². The van der Waals surface area contributed by atoms with Gasteiger partial charge in [0.1, 0.15) is 10.6 Å². The Kier molecular flexibility index (Phi) is 7.45. The van der Waals surface area contributed by atoms with Crippen LogP contribution < -0.4 is 10.7 Å². The average Bonchev–Trinajstić information content (AvgIpc) is 3.50. The number of fused-ring (bicyclic) bond motifs is 1. The number of carbonyl (C=O) groups excluding carboxylic acids is 2. The zero-order valence-electron chi connectivity index (χ0n) is 19.2. The highest BCUT2D eigenvalue weighted by Crippen LogP contribution is 2.35. The summed E-state index contributed by atoms with van der Waals surface area (Å²) in [6.45, 7) is -0.246. The molecule has 5 rings (SSSR count). The van der Waals surface area contributed by atoms with E-state index in [1.165, 1.54) is 17.6 Å². The maximum absolute atomic E-state index is 12.6. The fourth-order valence-electron chi connectivity index (χ4n) is 3.64. The standard InChI is InChI=1S/C27H19BrClN5O2S/c28-19-12-10-17(11-13-19)25-18(16-34(33-25)20-6-2-1-3-7-20)14-31-32-23(35)15-30-27(36)26-24(29)21-8-4-5-9-22(21)37-26/h1-14,16H,15H2,(H,30,36)(H,32,35)/b31-14+. The Balaban J connectivity index is 1.27. The molecule has 0 radical (unpaired) electrons. The molecule has 2 N–H and O–H groups in total. The van der Waals surface area contributed by atoms with Crippen LogP contribution in [0.2, 0.25) is 5.02 Å². The number of aromatic nitrogens is 2. The van der Waals surface area contributed by atoms with Crippen molar-refractivity contribution in [1.29, 1.82) is 0 Å². The third kappa shape index (κ3) is 5.64. The van der Waals surface area contributed by atoms with Crippen LogP contribution in [0.3, 0.4) is 0 Å². The van der Waals surface area contributed by atoms with Gasteiger partial charge >= 0.3 is 0 Å². The summed E-state index contributed by atoms with van der Waals surface area (Å²) in [5, 5.41) is 12.6. The zero-order chi connectivity index (χ0) is 25.8. The molecule has 2 aromatic heterocycles. The molecule has 7 nitrogen and oxygen atoms in total. The number of benzene rings is 3. The van der Waals surface area contributed by atoms with Crippen LogP contribution in [-0.4, -0.2) is 34.4 Å². The van der Waals surface area contributed by atoms with Gasteiger partial charge in [-0.1, -0.05) is 76.1 Å². The highest BCUT2D eigenvalue weighted by molar-refractivity contribution is 9.10. The van der Waals surface area contributed by atoms with Gasteiger partial charge < -0.3 is 5.32 Å². The van der Waals surface area contributed by atoms with Crippen LogP contribution in [0.25, 0.3) is 27.0 Å². The predicted octanol–water partition coefficient (Wildman–Crippen LogP) is 6.05. The molecule has 3 aromatic carbocycles. The molecule has 0 aliphatic heterocycles. The zero-order valence-corrected chi connectivity index (χ0v) is 22.3. The van der Waals surface area contributed by atoms with Crippen LogP contribution in [0.5, 0.6) is 0 Å². The first-order valence-electron chi connectivity index (χ1n) is 11.2. The maximum atomic E-state index is 12.6. The lowest BCUT2D eigenvalue weighted by Gasteiger charge is -2.03. The van der Waals surface area contributed by atoms with Gasteiger partial charge in [-0.05, 0) is 30.3 Å². The highest BCUT2D eigenvalue weighted by Gasteiger charge is 2.17. The van der Waals surface area contributed by atoms with Crippen molar-refractivity contribution in [2.45, 2.75) is 0 Å². The second-order valence-electron chi connectivity index (χ2n) is 7.94. The van der Waals surface area contributed by atoms with Crippen LogP contribution in [0.1, 0.15) is 15.2 Å². The van der Waals surface area contributed by atoms with Gasteiger partial charge in [-0.25, -0.2) is 10.1 Å². The smallest absolute Gasteiger partial charge is 0.263 e. The normalized spacial score (nSPS) is 11.2. The molecule has 0 saturated heterocycles. The number of hydrogen-bond donors (Lipinski definition) is 2. The fourth-order valence-corrected chi connectivity index (χ4v) is 5.34. The molecule has 0 spiro atoms. The van der Waals surface area contributed by atoms with Crippen molar-refractivity contribution in [3.63, 3.8) is 0 Å². The molecule has 37 heavy (non-hydrogen) atoms. The van der Waals surface area contributed by atoms with E-state index in [4.69, 9.17) is 16.7 Å². The van der Waals surface area contributed by atoms with Crippen LogP contribution in [0, 0.1) is 0 Å². The number of carbonyl (C=O) groups is 2.